The molecule has 4 rings (SSSR count). The van der Waals surface area contributed by atoms with E-state index in [2.05, 4.69) is 10.2 Å². The number of fused-ring (bicyclic) bond motifs is 1. The number of rotatable bonds is 6. The van der Waals surface area contributed by atoms with Crippen molar-refractivity contribution in [2.75, 3.05) is 19.7 Å². The zero-order chi connectivity index (χ0) is 23.4. The zero-order valence-electron chi connectivity index (χ0n) is 18.4. The van der Waals surface area contributed by atoms with Crippen LogP contribution in [0.4, 0.5) is 4.39 Å². The van der Waals surface area contributed by atoms with E-state index < -0.39 is 0 Å². The van der Waals surface area contributed by atoms with Gasteiger partial charge in [0.2, 0.25) is 0 Å². The number of aromatic amines is 1. The maximum absolute atomic E-state index is 13.4. The molecule has 1 fully saturated rings. The minimum atomic E-state index is -0.332. The van der Waals surface area contributed by atoms with E-state index in [0.717, 1.165) is 5.56 Å². The number of amides is 1. The van der Waals surface area contributed by atoms with E-state index in [1.54, 1.807) is 48.2 Å². The van der Waals surface area contributed by atoms with Gasteiger partial charge in [0.1, 0.15) is 5.82 Å². The summed E-state index contributed by atoms with van der Waals surface area (Å²) in [6, 6.07) is 13.1. The van der Waals surface area contributed by atoms with Gasteiger partial charge in [0.25, 0.3) is 11.5 Å². The summed E-state index contributed by atoms with van der Waals surface area (Å²) in [5.41, 5.74) is 0.787. The lowest BCUT2D eigenvalue weighted by molar-refractivity contribution is -0.144. The molecule has 1 aliphatic heterocycles. The number of ether oxygens (including phenoxy) is 1. The number of aromatic nitrogens is 2. The Balaban J connectivity index is 1.51. The second-order valence-electron chi connectivity index (χ2n) is 8.24. The number of H-pyrrole nitrogens is 1. The van der Waals surface area contributed by atoms with Gasteiger partial charge in [0, 0.05) is 18.5 Å². The van der Waals surface area contributed by atoms with Crippen molar-refractivity contribution in [1.82, 2.24) is 15.1 Å². The first-order chi connectivity index (χ1) is 16.0. The molecule has 172 valence electrons. The van der Waals surface area contributed by atoms with Crippen LogP contribution in [0.25, 0.3) is 10.8 Å². The van der Waals surface area contributed by atoms with Gasteiger partial charge in [-0.2, -0.15) is 5.10 Å². The number of hydrogen-bond acceptors (Lipinski definition) is 5. The Bertz CT molecular complexity index is 1200. The summed E-state index contributed by atoms with van der Waals surface area (Å²) in [6.07, 6.45) is 1.59. The molecule has 1 aromatic heterocycles. The van der Waals surface area contributed by atoms with Crippen molar-refractivity contribution in [2.45, 2.75) is 32.1 Å². The number of carbonyl (C=O) groups is 2. The van der Waals surface area contributed by atoms with Gasteiger partial charge in [0.15, 0.2) is 5.69 Å². The monoisotopic (exact) mass is 451 g/mol. The third-order valence-corrected chi connectivity index (χ3v) is 6.28. The van der Waals surface area contributed by atoms with E-state index in [4.69, 9.17) is 4.74 Å². The molecule has 1 aliphatic rings. The molecule has 0 bridgehead atoms. The summed E-state index contributed by atoms with van der Waals surface area (Å²) in [5, 5.41) is 7.40. The average molecular weight is 451 g/mol. The van der Waals surface area contributed by atoms with Crippen molar-refractivity contribution >= 4 is 22.6 Å². The number of benzene rings is 2. The van der Waals surface area contributed by atoms with E-state index >= 15 is 0 Å². The van der Waals surface area contributed by atoms with Crippen LogP contribution in [-0.2, 0) is 9.53 Å². The Labute approximate surface area is 190 Å². The van der Waals surface area contributed by atoms with Crippen molar-refractivity contribution < 1.29 is 18.7 Å². The molecule has 0 radical (unpaired) electrons. The lowest BCUT2D eigenvalue weighted by Crippen LogP contribution is -2.40. The first-order valence-electron chi connectivity index (χ1n) is 11.2. The Hall–Kier alpha value is -3.55. The number of carbonyl (C=O) groups excluding carboxylic acids is 2. The zero-order valence-corrected chi connectivity index (χ0v) is 18.4. The molecule has 0 aliphatic carbocycles. The topological polar surface area (TPSA) is 92.4 Å². The van der Waals surface area contributed by atoms with Gasteiger partial charge in [0.05, 0.1) is 18.4 Å². The number of halogens is 1. The molecule has 7 nitrogen and oxygen atoms in total. The Morgan fingerprint density at radius 2 is 1.79 bits per heavy atom. The fourth-order valence-corrected chi connectivity index (χ4v) is 4.60. The number of likely N-dealkylation sites (tertiary alicyclic amines) is 1. The third-order valence-electron chi connectivity index (χ3n) is 6.28. The Kier molecular flexibility index (Phi) is 6.82. The summed E-state index contributed by atoms with van der Waals surface area (Å²) in [4.78, 5) is 39.2. The lowest BCUT2D eigenvalue weighted by Gasteiger charge is -2.36. The van der Waals surface area contributed by atoms with E-state index in [0.29, 0.717) is 43.3 Å². The second kappa shape index (κ2) is 9.94. The summed E-state index contributed by atoms with van der Waals surface area (Å²) < 4.78 is 18.6. The smallest absolute Gasteiger partial charge is 0.306 e. The van der Waals surface area contributed by atoms with Gasteiger partial charge in [-0.05, 0) is 55.4 Å². The number of esters is 1. The lowest BCUT2D eigenvalue weighted by atomic mass is 9.78. The van der Waals surface area contributed by atoms with Gasteiger partial charge in [-0.15, -0.1) is 0 Å². The highest BCUT2D eigenvalue weighted by Crippen LogP contribution is 2.36. The molecule has 0 saturated carbocycles. The maximum Gasteiger partial charge on any atom is 0.306 e. The first kappa shape index (κ1) is 22.6. The van der Waals surface area contributed by atoms with Crippen molar-refractivity contribution in [2.24, 2.45) is 5.92 Å². The van der Waals surface area contributed by atoms with Crippen LogP contribution >= 0.6 is 0 Å². The third kappa shape index (κ3) is 4.94. The molecule has 2 aromatic carbocycles. The average Bonchev–Trinajstić information content (AvgIpc) is 2.84. The van der Waals surface area contributed by atoms with Crippen LogP contribution in [0, 0.1) is 11.7 Å². The standard InChI is InChI=1S/C25H26FN3O4/c1-2-33-22(30)15-21(16-7-9-18(26)10-8-16)17-11-13-29(14-12-17)25(32)23-19-5-3-4-6-20(19)24(31)28-27-23/h3-10,17,21H,2,11-15H2,1H3,(H,28,31)/t21-/m0/s1. The highest BCUT2D eigenvalue weighted by molar-refractivity contribution is 6.04. The fourth-order valence-electron chi connectivity index (χ4n) is 4.60. The van der Waals surface area contributed by atoms with Crippen molar-refractivity contribution in [3.63, 3.8) is 0 Å². The van der Waals surface area contributed by atoms with Crippen LogP contribution in [0.2, 0.25) is 0 Å². The molecule has 1 atom stereocenters. The molecule has 0 spiro atoms. The highest BCUT2D eigenvalue weighted by atomic mass is 19.1. The number of piperidine rings is 1. The molecular formula is C25H26FN3O4. The molecule has 2 heterocycles. The molecule has 1 N–H and O–H groups in total. The van der Waals surface area contributed by atoms with Crippen LogP contribution in [0.1, 0.15) is 48.2 Å². The molecule has 1 saturated heterocycles. The number of nitrogens with one attached hydrogen (secondary N) is 1. The van der Waals surface area contributed by atoms with Gasteiger partial charge < -0.3 is 9.64 Å². The van der Waals surface area contributed by atoms with Gasteiger partial charge in [-0.3, -0.25) is 14.4 Å². The van der Waals surface area contributed by atoms with E-state index in [9.17, 15) is 18.8 Å². The SMILES string of the molecule is CCOC(=O)C[C@@H](c1ccc(F)cc1)C1CCN(C(=O)c2n[nH]c(=O)c3ccccc23)CC1. The molecule has 0 unspecified atom stereocenters. The number of nitrogens with zero attached hydrogens (tertiary/aromatic N) is 2. The summed E-state index contributed by atoms with van der Waals surface area (Å²) in [5.74, 6) is -0.813. The predicted octanol–water partition coefficient (Wildman–Crippen LogP) is 3.65. The van der Waals surface area contributed by atoms with Gasteiger partial charge in [-0.25, -0.2) is 9.49 Å². The number of hydrogen-bond donors (Lipinski definition) is 1. The van der Waals surface area contributed by atoms with Crippen molar-refractivity contribution in [3.8, 4) is 0 Å². The fraction of sp³-hybridized carbons (Fsp3) is 0.360. The van der Waals surface area contributed by atoms with Crippen LogP contribution < -0.4 is 5.56 Å². The minimum Gasteiger partial charge on any atom is -0.466 e. The normalized spacial score (nSPS) is 15.4. The Morgan fingerprint density at radius 1 is 1.12 bits per heavy atom. The molecule has 33 heavy (non-hydrogen) atoms. The van der Waals surface area contributed by atoms with Gasteiger partial charge >= 0.3 is 5.97 Å². The molecular weight excluding hydrogens is 425 g/mol. The van der Waals surface area contributed by atoms with Crippen LogP contribution in [0.5, 0.6) is 0 Å². The largest absolute Gasteiger partial charge is 0.466 e. The molecule has 3 aromatic rings. The summed E-state index contributed by atoms with van der Waals surface area (Å²) in [6.45, 7) is 3.07. The minimum absolute atomic E-state index is 0.117. The molecule has 8 heteroatoms. The van der Waals surface area contributed by atoms with Crippen molar-refractivity contribution in [3.05, 3.63) is 76.0 Å². The predicted molar refractivity (Wildman–Crippen MR) is 121 cm³/mol. The van der Waals surface area contributed by atoms with Crippen LogP contribution in [-0.4, -0.2) is 46.7 Å². The Morgan fingerprint density at radius 3 is 2.45 bits per heavy atom. The maximum atomic E-state index is 13.4. The highest BCUT2D eigenvalue weighted by Gasteiger charge is 2.32. The summed E-state index contributed by atoms with van der Waals surface area (Å²) in [7, 11) is 0. The quantitative estimate of drug-likeness (QED) is 0.578. The van der Waals surface area contributed by atoms with Gasteiger partial charge in [-0.1, -0.05) is 30.3 Å². The van der Waals surface area contributed by atoms with Crippen molar-refractivity contribution in [1.29, 1.82) is 0 Å². The second-order valence-corrected chi connectivity index (χ2v) is 8.24. The van der Waals surface area contributed by atoms with E-state index in [1.807, 2.05) is 0 Å². The molecule has 1 amide bonds. The summed E-state index contributed by atoms with van der Waals surface area (Å²) >= 11 is 0. The van der Waals surface area contributed by atoms with E-state index in [-0.39, 0.29) is 47.2 Å². The first-order valence-corrected chi connectivity index (χ1v) is 11.2. The van der Waals surface area contributed by atoms with E-state index in [1.165, 1.54) is 12.1 Å². The van der Waals surface area contributed by atoms with Crippen LogP contribution in [0.3, 0.4) is 0 Å². The van der Waals surface area contributed by atoms with Crippen LogP contribution in [0.15, 0.2) is 53.3 Å².